The number of aromatic nitrogens is 4. The normalized spacial score (nSPS) is 16.3. The van der Waals surface area contributed by atoms with Gasteiger partial charge < -0.3 is 19.9 Å². The molecule has 0 radical (unpaired) electrons. The van der Waals surface area contributed by atoms with Crippen LogP contribution < -0.4 is 15.1 Å². The van der Waals surface area contributed by atoms with Gasteiger partial charge in [0.15, 0.2) is 0 Å². The molecule has 2 aliphatic rings. The second-order valence-corrected chi connectivity index (χ2v) is 7.44. The number of hydrogen-bond acceptors (Lipinski definition) is 8. The van der Waals surface area contributed by atoms with Crippen LogP contribution >= 0.6 is 0 Å². The number of benzene rings is 1. The maximum absolute atomic E-state index is 5.53. The van der Waals surface area contributed by atoms with Crippen molar-refractivity contribution in [3.05, 3.63) is 48.3 Å². The number of aryl methyl sites for hydroxylation is 1. The topological polar surface area (TPSA) is 79.3 Å². The molecule has 0 aliphatic carbocycles. The molecule has 0 bridgehead atoms. The van der Waals surface area contributed by atoms with E-state index in [1.165, 1.54) is 11.3 Å². The van der Waals surface area contributed by atoms with Crippen LogP contribution in [0.5, 0.6) is 0 Å². The second-order valence-electron chi connectivity index (χ2n) is 7.44. The molecule has 8 nitrogen and oxygen atoms in total. The van der Waals surface area contributed by atoms with Crippen molar-refractivity contribution in [2.24, 2.45) is 0 Å². The summed E-state index contributed by atoms with van der Waals surface area (Å²) in [5.41, 5.74) is 4.23. The van der Waals surface area contributed by atoms with E-state index >= 15 is 0 Å². The Kier molecular flexibility index (Phi) is 5.15. The van der Waals surface area contributed by atoms with Gasteiger partial charge in [-0.2, -0.15) is 4.98 Å². The number of rotatable bonds is 4. The molecule has 1 fully saturated rings. The lowest BCUT2D eigenvalue weighted by molar-refractivity contribution is 0.122. The minimum absolute atomic E-state index is 0.589. The van der Waals surface area contributed by atoms with Crippen LogP contribution in [0.3, 0.4) is 0 Å². The number of para-hydroxylation sites is 1. The SMILES string of the molecule is CNc1ncc(-c2cc(N3CCOCC3)nc(N3CCCc4ccccc43)n2)cn1. The molecule has 0 atom stereocenters. The summed E-state index contributed by atoms with van der Waals surface area (Å²) in [5, 5.41) is 2.96. The van der Waals surface area contributed by atoms with E-state index in [1.807, 2.05) is 13.1 Å². The molecular formula is C22H25N7O. The molecule has 0 unspecified atom stereocenters. The van der Waals surface area contributed by atoms with Crippen LogP contribution in [0.15, 0.2) is 42.7 Å². The molecule has 5 rings (SSSR count). The van der Waals surface area contributed by atoms with Crippen LogP contribution in [0.1, 0.15) is 12.0 Å². The molecule has 8 heteroatoms. The average Bonchev–Trinajstić information content (AvgIpc) is 2.84. The van der Waals surface area contributed by atoms with Crippen molar-refractivity contribution in [1.82, 2.24) is 19.9 Å². The minimum Gasteiger partial charge on any atom is -0.378 e. The van der Waals surface area contributed by atoms with Crippen molar-refractivity contribution in [2.45, 2.75) is 12.8 Å². The summed E-state index contributed by atoms with van der Waals surface area (Å²) in [4.78, 5) is 23.1. The van der Waals surface area contributed by atoms with Gasteiger partial charge >= 0.3 is 0 Å². The third-order valence-corrected chi connectivity index (χ3v) is 5.56. The molecule has 30 heavy (non-hydrogen) atoms. The number of morpholine rings is 1. The second kappa shape index (κ2) is 8.23. The average molecular weight is 403 g/mol. The van der Waals surface area contributed by atoms with Crippen molar-refractivity contribution in [3.63, 3.8) is 0 Å². The molecule has 0 saturated carbocycles. The summed E-state index contributed by atoms with van der Waals surface area (Å²) in [5.74, 6) is 2.23. The highest BCUT2D eigenvalue weighted by atomic mass is 16.5. The number of nitrogens with zero attached hydrogens (tertiary/aromatic N) is 6. The zero-order valence-corrected chi connectivity index (χ0v) is 17.1. The Balaban J connectivity index is 1.59. The monoisotopic (exact) mass is 403 g/mol. The zero-order chi connectivity index (χ0) is 20.3. The predicted octanol–water partition coefficient (Wildman–Crippen LogP) is 2.90. The van der Waals surface area contributed by atoms with Crippen LogP contribution in [0.2, 0.25) is 0 Å². The highest BCUT2D eigenvalue weighted by molar-refractivity contribution is 5.69. The summed E-state index contributed by atoms with van der Waals surface area (Å²) in [6, 6.07) is 10.6. The van der Waals surface area contributed by atoms with E-state index in [9.17, 15) is 0 Å². The van der Waals surface area contributed by atoms with Crippen LogP contribution in [0.4, 0.5) is 23.4 Å². The Hall–Kier alpha value is -3.26. The lowest BCUT2D eigenvalue weighted by atomic mass is 10.0. The quantitative estimate of drug-likeness (QED) is 0.712. The number of ether oxygens (including phenoxy) is 1. The molecule has 3 aromatic rings. The van der Waals surface area contributed by atoms with Gasteiger partial charge in [0, 0.05) is 56.4 Å². The van der Waals surface area contributed by atoms with Gasteiger partial charge in [0.05, 0.1) is 18.9 Å². The molecule has 2 aromatic heterocycles. The summed E-state index contributed by atoms with van der Waals surface area (Å²) >= 11 is 0. The summed E-state index contributed by atoms with van der Waals surface area (Å²) < 4.78 is 5.53. The van der Waals surface area contributed by atoms with Crippen molar-refractivity contribution in [2.75, 3.05) is 55.0 Å². The number of anilines is 4. The molecule has 1 saturated heterocycles. The van der Waals surface area contributed by atoms with Crippen LogP contribution in [-0.4, -0.2) is 59.8 Å². The molecule has 4 heterocycles. The van der Waals surface area contributed by atoms with Gasteiger partial charge in [-0.05, 0) is 24.5 Å². The van der Waals surface area contributed by atoms with Gasteiger partial charge in [-0.25, -0.2) is 15.0 Å². The number of nitrogens with one attached hydrogen (secondary N) is 1. The van der Waals surface area contributed by atoms with Crippen LogP contribution in [-0.2, 0) is 11.2 Å². The van der Waals surface area contributed by atoms with E-state index in [4.69, 9.17) is 14.7 Å². The maximum atomic E-state index is 5.53. The minimum atomic E-state index is 0.589. The van der Waals surface area contributed by atoms with E-state index in [1.54, 1.807) is 12.4 Å². The first-order valence-electron chi connectivity index (χ1n) is 10.4. The van der Waals surface area contributed by atoms with Crippen molar-refractivity contribution >= 4 is 23.4 Å². The summed E-state index contributed by atoms with van der Waals surface area (Å²) in [6.07, 6.45) is 5.77. The summed E-state index contributed by atoms with van der Waals surface area (Å²) in [6.45, 7) is 3.96. The Morgan fingerprint density at radius 3 is 2.60 bits per heavy atom. The zero-order valence-electron chi connectivity index (χ0n) is 17.1. The first-order valence-corrected chi connectivity index (χ1v) is 10.4. The molecular weight excluding hydrogens is 378 g/mol. The highest BCUT2D eigenvalue weighted by Crippen LogP contribution is 2.34. The fraction of sp³-hybridized carbons (Fsp3) is 0.364. The first-order chi connectivity index (χ1) is 14.8. The highest BCUT2D eigenvalue weighted by Gasteiger charge is 2.23. The predicted molar refractivity (Wildman–Crippen MR) is 117 cm³/mol. The Morgan fingerprint density at radius 1 is 1.00 bits per heavy atom. The molecule has 1 aromatic carbocycles. The third kappa shape index (κ3) is 3.66. The fourth-order valence-corrected chi connectivity index (χ4v) is 3.98. The fourth-order valence-electron chi connectivity index (χ4n) is 3.98. The van der Waals surface area contributed by atoms with Gasteiger partial charge in [-0.15, -0.1) is 0 Å². The summed E-state index contributed by atoms with van der Waals surface area (Å²) in [7, 11) is 1.81. The van der Waals surface area contributed by atoms with E-state index < -0.39 is 0 Å². The Bertz CT molecular complexity index is 1020. The lowest BCUT2D eigenvalue weighted by Gasteiger charge is -2.32. The van der Waals surface area contributed by atoms with Crippen molar-refractivity contribution < 1.29 is 4.74 Å². The Labute approximate surface area is 176 Å². The van der Waals surface area contributed by atoms with Gasteiger partial charge in [0.2, 0.25) is 11.9 Å². The molecule has 1 N–H and O–H groups in total. The third-order valence-electron chi connectivity index (χ3n) is 5.56. The number of fused-ring (bicyclic) bond motifs is 1. The standard InChI is InChI=1S/C22H25N7O/c1-23-21-24-14-17(15-25-21)18-13-20(28-9-11-30-12-10-28)27-22(26-18)29-8-4-6-16-5-2-3-7-19(16)29/h2-3,5,7,13-15H,4,6,8-12H2,1H3,(H,23,24,25). The van der Waals surface area contributed by atoms with Gasteiger partial charge in [0.25, 0.3) is 0 Å². The first kappa shape index (κ1) is 18.7. The number of hydrogen-bond donors (Lipinski definition) is 1. The van der Waals surface area contributed by atoms with Gasteiger partial charge in [-0.3, -0.25) is 0 Å². The van der Waals surface area contributed by atoms with Crippen molar-refractivity contribution in [1.29, 1.82) is 0 Å². The molecule has 2 aliphatic heterocycles. The molecule has 0 amide bonds. The van der Waals surface area contributed by atoms with Gasteiger partial charge in [-0.1, -0.05) is 18.2 Å². The van der Waals surface area contributed by atoms with Gasteiger partial charge in [0.1, 0.15) is 5.82 Å². The maximum Gasteiger partial charge on any atom is 0.232 e. The van der Waals surface area contributed by atoms with E-state index in [0.717, 1.165) is 55.5 Å². The molecule has 154 valence electrons. The molecule has 0 spiro atoms. The van der Waals surface area contributed by atoms with E-state index in [0.29, 0.717) is 19.2 Å². The van der Waals surface area contributed by atoms with Crippen molar-refractivity contribution in [3.8, 4) is 11.3 Å². The van der Waals surface area contributed by atoms with Crippen LogP contribution in [0, 0.1) is 0 Å². The van der Waals surface area contributed by atoms with Crippen LogP contribution in [0.25, 0.3) is 11.3 Å². The largest absolute Gasteiger partial charge is 0.378 e. The Morgan fingerprint density at radius 2 is 1.80 bits per heavy atom. The van der Waals surface area contributed by atoms with E-state index in [-0.39, 0.29) is 0 Å². The lowest BCUT2D eigenvalue weighted by Crippen LogP contribution is -2.37. The van der Waals surface area contributed by atoms with E-state index in [2.05, 4.69) is 49.4 Å². The smallest absolute Gasteiger partial charge is 0.232 e.